The lowest BCUT2D eigenvalue weighted by Crippen LogP contribution is -2.15. The van der Waals surface area contributed by atoms with Crippen LogP contribution in [0.15, 0.2) is 47.8 Å². The van der Waals surface area contributed by atoms with Crippen molar-refractivity contribution >= 4 is 39.9 Å². The normalized spacial score (nSPS) is 10.2. The van der Waals surface area contributed by atoms with E-state index in [1.165, 1.54) is 18.4 Å². The van der Waals surface area contributed by atoms with Gasteiger partial charge in [0.1, 0.15) is 11.5 Å². The van der Waals surface area contributed by atoms with Gasteiger partial charge in [0.05, 0.1) is 18.4 Å². The molecule has 0 saturated heterocycles. The van der Waals surface area contributed by atoms with Gasteiger partial charge in [-0.15, -0.1) is 11.3 Å². The molecule has 3 aromatic rings. The molecular formula is C18H16N4O3S. The van der Waals surface area contributed by atoms with Crippen molar-refractivity contribution in [3.8, 4) is 0 Å². The summed E-state index contributed by atoms with van der Waals surface area (Å²) in [6.45, 7) is 1.89. The number of hydrogen-bond acceptors (Lipinski definition) is 7. The lowest BCUT2D eigenvalue weighted by molar-refractivity contribution is 0.0602. The van der Waals surface area contributed by atoms with E-state index < -0.39 is 11.9 Å². The van der Waals surface area contributed by atoms with Gasteiger partial charge in [-0.3, -0.25) is 4.79 Å². The largest absolute Gasteiger partial charge is 0.465 e. The summed E-state index contributed by atoms with van der Waals surface area (Å²) < 4.78 is 4.72. The van der Waals surface area contributed by atoms with E-state index in [1.807, 2.05) is 25.1 Å². The molecule has 0 spiro atoms. The van der Waals surface area contributed by atoms with Gasteiger partial charge in [0, 0.05) is 11.1 Å². The van der Waals surface area contributed by atoms with Crippen LogP contribution in [0.5, 0.6) is 0 Å². The van der Waals surface area contributed by atoms with Crippen molar-refractivity contribution < 1.29 is 14.3 Å². The molecule has 0 aliphatic carbocycles. The molecule has 0 aliphatic rings. The number of rotatable bonds is 5. The highest BCUT2D eigenvalue weighted by molar-refractivity contribution is 7.14. The first-order valence-corrected chi connectivity index (χ1v) is 8.59. The summed E-state index contributed by atoms with van der Waals surface area (Å²) in [5.74, 6) is -0.280. The third-order valence-corrected chi connectivity index (χ3v) is 4.20. The topological polar surface area (TPSA) is 93.2 Å². The summed E-state index contributed by atoms with van der Waals surface area (Å²) in [5, 5.41) is 7.94. The Bertz CT molecular complexity index is 955. The molecule has 2 aromatic heterocycles. The summed E-state index contributed by atoms with van der Waals surface area (Å²) in [7, 11) is 1.29. The Kier molecular flexibility index (Phi) is 5.23. The molecule has 3 rings (SSSR count). The average Bonchev–Trinajstić information content (AvgIpc) is 3.10. The second-order valence-corrected chi connectivity index (χ2v) is 6.18. The minimum Gasteiger partial charge on any atom is -0.465 e. The van der Waals surface area contributed by atoms with E-state index in [9.17, 15) is 9.59 Å². The van der Waals surface area contributed by atoms with Crippen molar-refractivity contribution in [2.75, 3.05) is 17.7 Å². The van der Waals surface area contributed by atoms with E-state index >= 15 is 0 Å². The highest BCUT2D eigenvalue weighted by Gasteiger charge is 2.16. The standard InChI is InChI=1S/C18H16N4O3S/c1-11-6-5-9-15(19-11)22-18-21-14(10-26-18)16(23)20-13-8-4-3-7-12(13)17(24)25-2/h3-10H,1-2H3,(H,20,23)(H,19,21,22). The van der Waals surface area contributed by atoms with Crippen molar-refractivity contribution in [3.05, 3.63) is 64.8 Å². The van der Waals surface area contributed by atoms with Crippen LogP contribution in [-0.2, 0) is 4.74 Å². The van der Waals surface area contributed by atoms with Gasteiger partial charge in [-0.25, -0.2) is 14.8 Å². The second kappa shape index (κ2) is 7.75. The number of anilines is 3. The van der Waals surface area contributed by atoms with Crippen molar-refractivity contribution in [1.82, 2.24) is 9.97 Å². The van der Waals surface area contributed by atoms with Crippen molar-refractivity contribution in [3.63, 3.8) is 0 Å². The number of methoxy groups -OCH3 is 1. The van der Waals surface area contributed by atoms with Gasteiger partial charge >= 0.3 is 5.97 Å². The molecular weight excluding hydrogens is 352 g/mol. The fourth-order valence-corrected chi connectivity index (χ4v) is 2.92. The number of para-hydroxylation sites is 1. The Hall–Kier alpha value is -3.26. The summed E-state index contributed by atoms with van der Waals surface area (Å²) >= 11 is 1.29. The number of thiazole rings is 1. The summed E-state index contributed by atoms with van der Waals surface area (Å²) in [6, 6.07) is 12.2. The van der Waals surface area contributed by atoms with Crippen LogP contribution in [0.4, 0.5) is 16.6 Å². The van der Waals surface area contributed by atoms with E-state index in [0.717, 1.165) is 5.69 Å². The zero-order chi connectivity index (χ0) is 18.5. The molecule has 0 unspecified atom stereocenters. The molecule has 0 bridgehead atoms. The number of nitrogens with one attached hydrogen (secondary N) is 2. The number of carbonyl (C=O) groups is 2. The number of aryl methyl sites for hydroxylation is 1. The summed E-state index contributed by atoms with van der Waals surface area (Å²) in [4.78, 5) is 32.8. The van der Waals surface area contributed by atoms with Gasteiger partial charge in [-0.05, 0) is 31.2 Å². The molecule has 2 N–H and O–H groups in total. The number of esters is 1. The maximum absolute atomic E-state index is 12.4. The fraction of sp³-hybridized carbons (Fsp3) is 0.111. The van der Waals surface area contributed by atoms with Gasteiger partial charge in [0.15, 0.2) is 5.13 Å². The van der Waals surface area contributed by atoms with Gasteiger partial charge in [-0.2, -0.15) is 0 Å². The molecule has 26 heavy (non-hydrogen) atoms. The van der Waals surface area contributed by atoms with Gasteiger partial charge in [0.25, 0.3) is 5.91 Å². The molecule has 1 amide bonds. The molecule has 0 saturated carbocycles. The third-order valence-electron chi connectivity index (χ3n) is 3.44. The predicted octanol–water partition coefficient (Wildman–Crippen LogP) is 3.63. The van der Waals surface area contributed by atoms with Crippen molar-refractivity contribution in [2.24, 2.45) is 0 Å². The average molecular weight is 368 g/mol. The van der Waals surface area contributed by atoms with Gasteiger partial charge < -0.3 is 15.4 Å². The lowest BCUT2D eigenvalue weighted by atomic mass is 10.2. The number of carbonyl (C=O) groups excluding carboxylic acids is 2. The Labute approximate surface area is 154 Å². The minimum absolute atomic E-state index is 0.241. The van der Waals surface area contributed by atoms with Crippen LogP contribution >= 0.6 is 11.3 Å². The Morgan fingerprint density at radius 1 is 1.08 bits per heavy atom. The number of nitrogens with zero attached hydrogens (tertiary/aromatic N) is 2. The highest BCUT2D eigenvalue weighted by atomic mass is 32.1. The van der Waals surface area contributed by atoms with Crippen molar-refractivity contribution in [2.45, 2.75) is 6.92 Å². The predicted molar refractivity (Wildman–Crippen MR) is 100 cm³/mol. The molecule has 132 valence electrons. The first-order chi connectivity index (χ1) is 12.6. The number of ether oxygens (including phenoxy) is 1. The monoisotopic (exact) mass is 368 g/mol. The number of benzene rings is 1. The second-order valence-electron chi connectivity index (χ2n) is 5.32. The van der Waals surface area contributed by atoms with Crippen LogP contribution in [0.2, 0.25) is 0 Å². The SMILES string of the molecule is COC(=O)c1ccccc1NC(=O)c1csc(Nc2cccc(C)n2)n1. The maximum atomic E-state index is 12.4. The zero-order valence-corrected chi connectivity index (χ0v) is 15.0. The summed E-state index contributed by atoms with van der Waals surface area (Å²) in [6.07, 6.45) is 0. The van der Waals surface area contributed by atoms with E-state index in [0.29, 0.717) is 16.6 Å². The summed E-state index contributed by atoms with van der Waals surface area (Å²) in [5.41, 5.74) is 1.77. The number of hydrogen-bond donors (Lipinski definition) is 2. The Morgan fingerprint density at radius 3 is 2.65 bits per heavy atom. The van der Waals surface area contributed by atoms with Gasteiger partial charge in [-0.1, -0.05) is 18.2 Å². The molecule has 8 heteroatoms. The van der Waals surface area contributed by atoms with Crippen LogP contribution < -0.4 is 10.6 Å². The Balaban J connectivity index is 1.74. The highest BCUT2D eigenvalue weighted by Crippen LogP contribution is 2.22. The first-order valence-electron chi connectivity index (χ1n) is 7.71. The van der Waals surface area contributed by atoms with Crippen LogP contribution in [0.1, 0.15) is 26.5 Å². The fourth-order valence-electron chi connectivity index (χ4n) is 2.22. The number of aromatic nitrogens is 2. The molecule has 0 fully saturated rings. The van der Waals surface area contributed by atoms with Gasteiger partial charge in [0.2, 0.25) is 0 Å². The van der Waals surface area contributed by atoms with Crippen LogP contribution in [-0.4, -0.2) is 29.0 Å². The molecule has 7 nitrogen and oxygen atoms in total. The number of amides is 1. The van der Waals surface area contributed by atoms with Crippen LogP contribution in [0.25, 0.3) is 0 Å². The Morgan fingerprint density at radius 2 is 1.88 bits per heavy atom. The quantitative estimate of drug-likeness (QED) is 0.668. The lowest BCUT2D eigenvalue weighted by Gasteiger charge is -2.08. The third kappa shape index (κ3) is 4.04. The van der Waals surface area contributed by atoms with Crippen LogP contribution in [0, 0.1) is 6.92 Å². The molecule has 1 aromatic carbocycles. The van der Waals surface area contributed by atoms with Crippen LogP contribution in [0.3, 0.4) is 0 Å². The van der Waals surface area contributed by atoms with Crippen molar-refractivity contribution in [1.29, 1.82) is 0 Å². The first kappa shape index (κ1) is 17.6. The molecule has 0 atom stereocenters. The van der Waals surface area contributed by atoms with E-state index in [-0.39, 0.29) is 11.3 Å². The minimum atomic E-state index is -0.521. The molecule has 0 radical (unpaired) electrons. The molecule has 2 heterocycles. The van der Waals surface area contributed by atoms with E-state index in [2.05, 4.69) is 20.6 Å². The zero-order valence-electron chi connectivity index (χ0n) is 14.1. The number of pyridine rings is 1. The van der Waals surface area contributed by atoms with E-state index in [1.54, 1.807) is 29.6 Å². The van der Waals surface area contributed by atoms with E-state index in [4.69, 9.17) is 4.74 Å². The maximum Gasteiger partial charge on any atom is 0.339 e. The molecule has 0 aliphatic heterocycles. The smallest absolute Gasteiger partial charge is 0.339 e.